The van der Waals surface area contributed by atoms with Crippen LogP contribution in [-0.4, -0.2) is 20.5 Å². The van der Waals surface area contributed by atoms with Crippen molar-refractivity contribution >= 4 is 26.9 Å². The van der Waals surface area contributed by atoms with Crippen LogP contribution in [-0.2, 0) is 14.6 Å². The maximum Gasteiger partial charge on any atom is 0.185 e. The first-order valence-corrected chi connectivity index (χ1v) is 6.44. The number of hydrogen-bond acceptors (Lipinski definition) is 3. The van der Waals surface area contributed by atoms with Gasteiger partial charge in [-0.05, 0) is 22.9 Å². The van der Waals surface area contributed by atoms with Crippen LogP contribution in [0.25, 0.3) is 10.8 Å². The van der Waals surface area contributed by atoms with Gasteiger partial charge in [0.05, 0.1) is 4.90 Å². The molecular weight excluding hydrogens is 224 g/mol. The molecule has 2 aromatic rings. The molecule has 0 aliphatic heterocycles. The Morgan fingerprint density at radius 3 is 2.38 bits per heavy atom. The molecule has 0 atom stereocenters. The molecule has 0 spiro atoms. The minimum atomic E-state index is -3.47. The summed E-state index contributed by atoms with van der Waals surface area (Å²) < 4.78 is 23.3. The van der Waals surface area contributed by atoms with Gasteiger partial charge in [-0.3, -0.25) is 0 Å². The molecule has 0 N–H and O–H groups in total. The number of fused-ring (bicyclic) bond motifs is 1. The summed E-state index contributed by atoms with van der Waals surface area (Å²) in [6.07, 6.45) is 0.407. The van der Waals surface area contributed by atoms with E-state index in [9.17, 15) is 13.2 Å². The van der Waals surface area contributed by atoms with Gasteiger partial charge in [-0.2, -0.15) is 0 Å². The second-order valence-electron chi connectivity index (χ2n) is 3.46. The highest BCUT2D eigenvalue weighted by Gasteiger charge is 2.13. The summed E-state index contributed by atoms with van der Waals surface area (Å²) in [5, 5.41) is 1.84. The Kier molecular flexibility index (Phi) is 2.75. The van der Waals surface area contributed by atoms with Crippen molar-refractivity contribution in [3.05, 3.63) is 42.5 Å². The van der Waals surface area contributed by atoms with Gasteiger partial charge in [0.2, 0.25) is 0 Å². The van der Waals surface area contributed by atoms with Crippen LogP contribution in [0.2, 0.25) is 0 Å². The fraction of sp³-hybridized carbons (Fsp3) is 0.0833. The van der Waals surface area contributed by atoms with Crippen LogP contribution >= 0.6 is 0 Å². The van der Waals surface area contributed by atoms with E-state index in [2.05, 4.69) is 0 Å². The number of aldehydes is 1. The molecule has 2 rings (SSSR count). The van der Waals surface area contributed by atoms with Crippen molar-refractivity contribution in [2.45, 2.75) is 4.90 Å². The van der Waals surface area contributed by atoms with Gasteiger partial charge in [0.15, 0.2) is 9.84 Å². The van der Waals surface area contributed by atoms with Crippen LogP contribution in [0.5, 0.6) is 0 Å². The summed E-state index contributed by atoms with van der Waals surface area (Å²) in [6, 6.07) is 12.4. The molecule has 82 valence electrons. The number of hydrogen-bond donors (Lipinski definition) is 0. The van der Waals surface area contributed by atoms with Gasteiger partial charge < -0.3 is 4.79 Å². The Morgan fingerprint density at radius 1 is 1.00 bits per heavy atom. The Balaban J connectivity index is 2.59. The predicted molar refractivity (Wildman–Crippen MR) is 62.1 cm³/mol. The second kappa shape index (κ2) is 4.06. The topological polar surface area (TPSA) is 51.2 Å². The van der Waals surface area contributed by atoms with E-state index in [0.717, 1.165) is 10.8 Å². The van der Waals surface area contributed by atoms with E-state index < -0.39 is 15.6 Å². The van der Waals surface area contributed by atoms with Crippen LogP contribution in [0.4, 0.5) is 0 Å². The van der Waals surface area contributed by atoms with Crippen LogP contribution < -0.4 is 0 Å². The summed E-state index contributed by atoms with van der Waals surface area (Å²) in [5.41, 5.74) is 0. The molecule has 0 radical (unpaired) electrons. The smallest absolute Gasteiger partial charge is 0.185 e. The van der Waals surface area contributed by atoms with E-state index in [4.69, 9.17) is 0 Å². The largest absolute Gasteiger partial charge is 0.302 e. The predicted octanol–water partition coefficient (Wildman–Crippen LogP) is 1.81. The third kappa shape index (κ3) is 1.97. The van der Waals surface area contributed by atoms with Gasteiger partial charge in [-0.15, -0.1) is 0 Å². The highest BCUT2D eigenvalue weighted by molar-refractivity contribution is 7.92. The third-order valence-electron chi connectivity index (χ3n) is 2.37. The zero-order chi connectivity index (χ0) is 11.6. The molecule has 0 heterocycles. The molecule has 0 aliphatic rings. The Labute approximate surface area is 93.6 Å². The molecule has 0 amide bonds. The van der Waals surface area contributed by atoms with Crippen molar-refractivity contribution in [1.82, 2.24) is 0 Å². The Morgan fingerprint density at radius 2 is 1.69 bits per heavy atom. The molecule has 16 heavy (non-hydrogen) atoms. The van der Waals surface area contributed by atoms with Crippen molar-refractivity contribution in [2.24, 2.45) is 0 Å². The van der Waals surface area contributed by atoms with Crippen molar-refractivity contribution in [3.63, 3.8) is 0 Å². The zero-order valence-corrected chi connectivity index (χ0v) is 9.28. The van der Waals surface area contributed by atoms with Gasteiger partial charge >= 0.3 is 0 Å². The molecule has 4 heteroatoms. The number of carbonyl (C=O) groups is 1. The molecule has 2 aromatic carbocycles. The molecule has 0 aliphatic carbocycles. The molecule has 0 saturated carbocycles. The normalized spacial score (nSPS) is 11.5. The molecule has 0 unspecified atom stereocenters. The Hall–Kier alpha value is -1.68. The van der Waals surface area contributed by atoms with Crippen molar-refractivity contribution < 1.29 is 13.2 Å². The average molecular weight is 234 g/mol. The maximum atomic E-state index is 11.6. The number of benzene rings is 2. The lowest BCUT2D eigenvalue weighted by Crippen LogP contribution is -2.07. The third-order valence-corrected chi connectivity index (χ3v) is 3.91. The summed E-state index contributed by atoms with van der Waals surface area (Å²) >= 11 is 0. The van der Waals surface area contributed by atoms with Crippen LogP contribution in [0.3, 0.4) is 0 Å². The first-order valence-electron chi connectivity index (χ1n) is 4.79. The van der Waals surface area contributed by atoms with Gasteiger partial charge in [-0.1, -0.05) is 30.3 Å². The van der Waals surface area contributed by atoms with E-state index >= 15 is 0 Å². The minimum Gasteiger partial charge on any atom is -0.302 e. The maximum absolute atomic E-state index is 11.6. The van der Waals surface area contributed by atoms with Crippen molar-refractivity contribution in [1.29, 1.82) is 0 Å². The first-order chi connectivity index (χ1) is 7.63. The van der Waals surface area contributed by atoms with Gasteiger partial charge in [-0.25, -0.2) is 8.42 Å². The highest BCUT2D eigenvalue weighted by atomic mass is 32.2. The lowest BCUT2D eigenvalue weighted by molar-refractivity contribution is -0.105. The summed E-state index contributed by atoms with van der Waals surface area (Å²) in [4.78, 5) is 10.5. The van der Waals surface area contributed by atoms with Gasteiger partial charge in [0.25, 0.3) is 0 Å². The monoisotopic (exact) mass is 234 g/mol. The fourth-order valence-electron chi connectivity index (χ4n) is 1.55. The standard InChI is InChI=1S/C12H10O3S/c13-7-8-16(14,15)12-6-5-10-3-1-2-4-11(10)9-12/h1-7,9H,8H2. The quantitative estimate of drug-likeness (QED) is 0.761. The van der Waals surface area contributed by atoms with E-state index in [0.29, 0.717) is 6.29 Å². The lowest BCUT2D eigenvalue weighted by atomic mass is 10.1. The average Bonchev–Trinajstić information content (AvgIpc) is 2.28. The minimum absolute atomic E-state index is 0.193. The molecule has 0 saturated heterocycles. The van der Waals surface area contributed by atoms with Gasteiger partial charge in [0.1, 0.15) is 12.0 Å². The second-order valence-corrected chi connectivity index (χ2v) is 5.49. The zero-order valence-electron chi connectivity index (χ0n) is 8.46. The van der Waals surface area contributed by atoms with E-state index in [1.165, 1.54) is 6.07 Å². The van der Waals surface area contributed by atoms with Gasteiger partial charge in [0, 0.05) is 0 Å². The van der Waals surface area contributed by atoms with E-state index in [1.807, 2.05) is 24.3 Å². The van der Waals surface area contributed by atoms with E-state index in [-0.39, 0.29) is 4.90 Å². The Bertz CT molecular complexity index is 630. The molecule has 0 bridgehead atoms. The van der Waals surface area contributed by atoms with Crippen molar-refractivity contribution in [3.8, 4) is 0 Å². The van der Waals surface area contributed by atoms with Crippen LogP contribution in [0, 0.1) is 0 Å². The molecule has 0 fully saturated rings. The number of rotatable bonds is 3. The fourth-order valence-corrected chi connectivity index (χ4v) is 2.50. The van der Waals surface area contributed by atoms with Crippen molar-refractivity contribution in [2.75, 3.05) is 5.75 Å². The molecular formula is C12H10O3S. The highest BCUT2D eigenvalue weighted by Crippen LogP contribution is 2.19. The lowest BCUT2D eigenvalue weighted by Gasteiger charge is -2.02. The first kappa shape index (κ1) is 10.8. The van der Waals surface area contributed by atoms with E-state index in [1.54, 1.807) is 12.1 Å². The summed E-state index contributed by atoms with van der Waals surface area (Å²) in [5.74, 6) is -0.467. The number of carbonyl (C=O) groups excluding carboxylic acids is 1. The SMILES string of the molecule is O=CCS(=O)(=O)c1ccc2ccccc2c1. The number of sulfone groups is 1. The molecule has 0 aromatic heterocycles. The summed E-state index contributed by atoms with van der Waals surface area (Å²) in [6.45, 7) is 0. The van der Waals surface area contributed by atoms with Crippen LogP contribution in [0.15, 0.2) is 47.4 Å². The molecule has 3 nitrogen and oxygen atoms in total. The van der Waals surface area contributed by atoms with Crippen LogP contribution in [0.1, 0.15) is 0 Å². The summed E-state index contributed by atoms with van der Waals surface area (Å²) in [7, 11) is -3.47.